The Bertz CT molecular complexity index is 798. The van der Waals surface area contributed by atoms with Crippen molar-refractivity contribution in [3.63, 3.8) is 0 Å². The molecule has 1 heterocycles. The van der Waals surface area contributed by atoms with E-state index >= 15 is 0 Å². The Balaban J connectivity index is 2.59. The second-order valence-electron chi connectivity index (χ2n) is 5.06. The first-order chi connectivity index (χ1) is 10.6. The van der Waals surface area contributed by atoms with Crippen molar-refractivity contribution in [1.29, 1.82) is 0 Å². The van der Waals surface area contributed by atoms with E-state index in [9.17, 15) is 22.8 Å². The van der Waals surface area contributed by atoms with Crippen LogP contribution in [-0.4, -0.2) is 16.7 Å². The van der Waals surface area contributed by atoms with Crippen LogP contribution in [0.5, 0.6) is 0 Å². The number of pyridine rings is 1. The molecule has 120 valence electrons. The maximum atomic E-state index is 12.8. The molecule has 0 bridgehead atoms. The third-order valence-corrected chi connectivity index (χ3v) is 3.50. The Morgan fingerprint density at radius 1 is 1.17 bits per heavy atom. The molecular weight excluding hydrogens is 309 g/mol. The summed E-state index contributed by atoms with van der Waals surface area (Å²) in [5.74, 6) is -1.64. The molecule has 1 aromatic carbocycles. The van der Waals surface area contributed by atoms with Gasteiger partial charge in [0.05, 0.1) is 11.1 Å². The standard InChI is InChI=1S/C16H13F3N2O2/c1-8-7-21-13(12(9(8)2)15(20)23)14(22)10-4-3-5-11(6-10)16(17,18)19/h3-7H,1-2H3,(H2,20,23). The average Bonchev–Trinajstić information content (AvgIpc) is 2.48. The van der Waals surface area contributed by atoms with Gasteiger partial charge in [-0.2, -0.15) is 13.2 Å². The Labute approximate surface area is 130 Å². The van der Waals surface area contributed by atoms with Crippen LogP contribution in [0.4, 0.5) is 13.2 Å². The molecule has 7 heteroatoms. The topological polar surface area (TPSA) is 73.1 Å². The fourth-order valence-electron chi connectivity index (χ4n) is 2.14. The molecule has 0 radical (unpaired) electrons. The van der Waals surface area contributed by atoms with Gasteiger partial charge in [0.1, 0.15) is 5.69 Å². The highest BCUT2D eigenvalue weighted by Gasteiger charge is 2.31. The van der Waals surface area contributed by atoms with Crippen LogP contribution >= 0.6 is 0 Å². The number of nitrogens with two attached hydrogens (primary N) is 1. The fourth-order valence-corrected chi connectivity index (χ4v) is 2.14. The number of aryl methyl sites for hydroxylation is 1. The highest BCUT2D eigenvalue weighted by Crippen LogP contribution is 2.30. The van der Waals surface area contributed by atoms with Crippen LogP contribution < -0.4 is 5.73 Å². The van der Waals surface area contributed by atoms with Gasteiger partial charge in [-0.25, -0.2) is 0 Å². The molecule has 23 heavy (non-hydrogen) atoms. The van der Waals surface area contributed by atoms with E-state index in [1.807, 2.05) is 0 Å². The van der Waals surface area contributed by atoms with Crippen molar-refractivity contribution in [2.45, 2.75) is 20.0 Å². The van der Waals surface area contributed by atoms with Crippen LogP contribution in [-0.2, 0) is 6.18 Å². The molecule has 2 aromatic rings. The highest BCUT2D eigenvalue weighted by molar-refractivity contribution is 6.14. The van der Waals surface area contributed by atoms with Crippen LogP contribution in [0, 0.1) is 13.8 Å². The number of rotatable bonds is 3. The van der Waals surface area contributed by atoms with Gasteiger partial charge in [0.2, 0.25) is 5.78 Å². The third-order valence-electron chi connectivity index (χ3n) is 3.50. The van der Waals surface area contributed by atoms with Crippen molar-refractivity contribution in [3.8, 4) is 0 Å². The summed E-state index contributed by atoms with van der Waals surface area (Å²) in [6, 6.07) is 3.95. The van der Waals surface area contributed by atoms with Gasteiger partial charge in [0.15, 0.2) is 0 Å². The number of hydrogen-bond acceptors (Lipinski definition) is 3. The second-order valence-corrected chi connectivity index (χ2v) is 5.06. The minimum Gasteiger partial charge on any atom is -0.366 e. The van der Waals surface area contributed by atoms with Crippen molar-refractivity contribution >= 4 is 11.7 Å². The second kappa shape index (κ2) is 5.83. The molecule has 0 fully saturated rings. The van der Waals surface area contributed by atoms with Crippen LogP contribution in [0.2, 0.25) is 0 Å². The lowest BCUT2D eigenvalue weighted by Crippen LogP contribution is -2.21. The molecule has 0 saturated carbocycles. The SMILES string of the molecule is Cc1cnc(C(=O)c2cccc(C(F)(F)F)c2)c(C(N)=O)c1C. The number of amides is 1. The number of carbonyl (C=O) groups excluding carboxylic acids is 2. The van der Waals surface area contributed by atoms with Gasteiger partial charge in [-0.05, 0) is 37.1 Å². The molecule has 0 spiro atoms. The maximum Gasteiger partial charge on any atom is 0.416 e. The zero-order chi connectivity index (χ0) is 17.4. The molecule has 4 nitrogen and oxygen atoms in total. The number of nitrogens with zero attached hydrogens (tertiary/aromatic N) is 1. The van der Waals surface area contributed by atoms with Gasteiger partial charge in [0, 0.05) is 11.8 Å². The number of benzene rings is 1. The van der Waals surface area contributed by atoms with Crippen LogP contribution in [0.15, 0.2) is 30.5 Å². The lowest BCUT2D eigenvalue weighted by Gasteiger charge is -2.12. The van der Waals surface area contributed by atoms with E-state index in [1.165, 1.54) is 12.3 Å². The summed E-state index contributed by atoms with van der Waals surface area (Å²) < 4.78 is 38.3. The smallest absolute Gasteiger partial charge is 0.366 e. The van der Waals surface area contributed by atoms with Crippen LogP contribution in [0.25, 0.3) is 0 Å². The van der Waals surface area contributed by atoms with Gasteiger partial charge in [0.25, 0.3) is 5.91 Å². The van der Waals surface area contributed by atoms with E-state index in [0.717, 1.165) is 18.2 Å². The highest BCUT2D eigenvalue weighted by atomic mass is 19.4. The lowest BCUT2D eigenvalue weighted by molar-refractivity contribution is -0.137. The molecule has 0 unspecified atom stereocenters. The number of aromatic nitrogens is 1. The van der Waals surface area contributed by atoms with E-state index in [0.29, 0.717) is 11.1 Å². The van der Waals surface area contributed by atoms with Crippen molar-refractivity contribution in [1.82, 2.24) is 4.98 Å². The number of ketones is 1. The molecule has 1 amide bonds. The Morgan fingerprint density at radius 2 is 1.83 bits per heavy atom. The Morgan fingerprint density at radius 3 is 2.39 bits per heavy atom. The predicted molar refractivity (Wildman–Crippen MR) is 77.1 cm³/mol. The van der Waals surface area contributed by atoms with Crippen LogP contribution in [0.1, 0.15) is 43.1 Å². The molecule has 2 N–H and O–H groups in total. The van der Waals surface area contributed by atoms with Gasteiger partial charge in [-0.1, -0.05) is 12.1 Å². The minimum absolute atomic E-state index is 0.0765. The molecule has 0 aliphatic rings. The molecule has 0 atom stereocenters. The Hall–Kier alpha value is -2.70. The quantitative estimate of drug-likeness (QED) is 0.883. The average molecular weight is 322 g/mol. The normalized spacial score (nSPS) is 11.3. The minimum atomic E-state index is -4.57. The third kappa shape index (κ3) is 3.23. The molecular formula is C16H13F3N2O2. The summed E-state index contributed by atoms with van der Waals surface area (Å²) in [5, 5.41) is 0. The summed E-state index contributed by atoms with van der Waals surface area (Å²) in [6.07, 6.45) is -3.19. The van der Waals surface area contributed by atoms with Crippen molar-refractivity contribution in [2.24, 2.45) is 5.73 Å². The van der Waals surface area contributed by atoms with E-state index in [1.54, 1.807) is 13.8 Å². The monoisotopic (exact) mass is 322 g/mol. The van der Waals surface area contributed by atoms with E-state index < -0.39 is 23.4 Å². The molecule has 2 rings (SSSR count). The predicted octanol–water partition coefficient (Wildman–Crippen LogP) is 3.05. The lowest BCUT2D eigenvalue weighted by atomic mass is 9.97. The molecule has 0 aliphatic heterocycles. The maximum absolute atomic E-state index is 12.8. The molecule has 0 aliphatic carbocycles. The van der Waals surface area contributed by atoms with Gasteiger partial charge in [-0.3, -0.25) is 14.6 Å². The number of alkyl halides is 3. The zero-order valence-electron chi connectivity index (χ0n) is 12.4. The summed E-state index contributed by atoms with van der Waals surface area (Å²) in [4.78, 5) is 28.0. The van der Waals surface area contributed by atoms with Crippen molar-refractivity contribution < 1.29 is 22.8 Å². The first-order valence-corrected chi connectivity index (χ1v) is 6.61. The van der Waals surface area contributed by atoms with Gasteiger partial charge < -0.3 is 5.73 Å². The van der Waals surface area contributed by atoms with Crippen molar-refractivity contribution in [2.75, 3.05) is 0 Å². The Kier molecular flexibility index (Phi) is 4.22. The summed E-state index contributed by atoms with van der Waals surface area (Å²) in [5.41, 5.74) is 4.93. The first-order valence-electron chi connectivity index (χ1n) is 6.61. The molecule has 0 saturated heterocycles. The largest absolute Gasteiger partial charge is 0.416 e. The summed E-state index contributed by atoms with van der Waals surface area (Å²) >= 11 is 0. The summed E-state index contributed by atoms with van der Waals surface area (Å²) in [7, 11) is 0. The molecule has 1 aromatic heterocycles. The van der Waals surface area contributed by atoms with Crippen LogP contribution in [0.3, 0.4) is 0 Å². The van der Waals surface area contributed by atoms with E-state index in [-0.39, 0.29) is 16.8 Å². The number of carbonyl (C=O) groups is 2. The first kappa shape index (κ1) is 16.7. The zero-order valence-corrected chi connectivity index (χ0v) is 12.4. The number of halogens is 3. The van der Waals surface area contributed by atoms with Gasteiger partial charge in [-0.15, -0.1) is 0 Å². The van der Waals surface area contributed by atoms with Gasteiger partial charge >= 0.3 is 6.18 Å². The summed E-state index contributed by atoms with van der Waals surface area (Å²) in [6.45, 7) is 3.29. The number of hydrogen-bond donors (Lipinski definition) is 1. The fraction of sp³-hybridized carbons (Fsp3) is 0.188. The van der Waals surface area contributed by atoms with Crippen molar-refractivity contribution in [3.05, 3.63) is 64.0 Å². The number of primary amides is 1. The van der Waals surface area contributed by atoms with E-state index in [2.05, 4.69) is 4.98 Å². The van der Waals surface area contributed by atoms with E-state index in [4.69, 9.17) is 5.73 Å².